The summed E-state index contributed by atoms with van der Waals surface area (Å²) in [7, 11) is 0. The molecule has 1 N–H and O–H groups in total. The molecule has 0 radical (unpaired) electrons. The average molecular weight is 363 g/mol. The molecule has 2 aromatic rings. The van der Waals surface area contributed by atoms with Crippen LogP contribution >= 0.6 is 11.6 Å². The summed E-state index contributed by atoms with van der Waals surface area (Å²) >= 11 is 6.24. The minimum atomic E-state index is -0.343. The fourth-order valence-corrected chi connectivity index (χ4v) is 3.39. The predicted molar refractivity (Wildman–Crippen MR) is 95.7 cm³/mol. The molecule has 0 spiro atoms. The number of halogens is 2. The third-order valence-electron chi connectivity index (χ3n) is 4.33. The molecule has 0 bridgehead atoms. The first-order valence-corrected chi connectivity index (χ1v) is 8.70. The van der Waals surface area contributed by atoms with E-state index in [2.05, 4.69) is 10.2 Å². The maximum absolute atomic E-state index is 14.4. The first-order valence-electron chi connectivity index (χ1n) is 8.32. The molecule has 1 saturated heterocycles. The highest BCUT2D eigenvalue weighted by Crippen LogP contribution is 2.31. The van der Waals surface area contributed by atoms with Gasteiger partial charge in [0.2, 0.25) is 5.91 Å². The third-order valence-corrected chi connectivity index (χ3v) is 4.66. The molecule has 132 valence electrons. The van der Waals surface area contributed by atoms with Gasteiger partial charge >= 0.3 is 0 Å². The highest BCUT2D eigenvalue weighted by Gasteiger charge is 2.27. The normalized spacial score (nSPS) is 16.4. The Balaban J connectivity index is 1.71. The molecular formula is C19H20ClFN2O2. The lowest BCUT2D eigenvalue weighted by atomic mass is 10.0. The van der Waals surface area contributed by atoms with E-state index < -0.39 is 0 Å². The Morgan fingerprint density at radius 3 is 2.80 bits per heavy atom. The first kappa shape index (κ1) is 17.7. The molecule has 6 heteroatoms. The molecule has 1 aromatic heterocycles. The molecule has 0 aliphatic carbocycles. The van der Waals surface area contributed by atoms with Crippen LogP contribution in [0.1, 0.15) is 30.2 Å². The summed E-state index contributed by atoms with van der Waals surface area (Å²) in [6, 6.07) is 7.91. The van der Waals surface area contributed by atoms with Crippen LogP contribution in [0.25, 0.3) is 6.08 Å². The monoisotopic (exact) mass is 362 g/mol. The van der Waals surface area contributed by atoms with Gasteiger partial charge in [0.25, 0.3) is 0 Å². The number of furan rings is 1. The van der Waals surface area contributed by atoms with Crippen molar-refractivity contribution in [3.8, 4) is 0 Å². The topological polar surface area (TPSA) is 45.5 Å². The van der Waals surface area contributed by atoms with Crippen molar-refractivity contribution in [1.82, 2.24) is 10.2 Å². The van der Waals surface area contributed by atoms with Gasteiger partial charge in [-0.1, -0.05) is 17.7 Å². The van der Waals surface area contributed by atoms with Crippen LogP contribution in [0.5, 0.6) is 0 Å². The van der Waals surface area contributed by atoms with E-state index >= 15 is 0 Å². The van der Waals surface area contributed by atoms with Crippen molar-refractivity contribution in [2.24, 2.45) is 0 Å². The Labute approximate surface area is 151 Å². The largest absolute Gasteiger partial charge is 0.465 e. The Hall–Kier alpha value is -2.11. The Bertz CT molecular complexity index is 720. The molecule has 1 aromatic carbocycles. The second-order valence-corrected chi connectivity index (χ2v) is 6.40. The van der Waals surface area contributed by atoms with E-state index in [0.717, 1.165) is 25.9 Å². The number of nitrogens with one attached hydrogen (secondary N) is 1. The van der Waals surface area contributed by atoms with Crippen LogP contribution < -0.4 is 5.32 Å². The van der Waals surface area contributed by atoms with Crippen LogP contribution in [0.15, 0.2) is 47.1 Å². The van der Waals surface area contributed by atoms with Crippen molar-refractivity contribution >= 4 is 23.6 Å². The zero-order valence-corrected chi connectivity index (χ0v) is 14.5. The quantitative estimate of drug-likeness (QED) is 0.789. The van der Waals surface area contributed by atoms with Crippen LogP contribution in [-0.2, 0) is 4.79 Å². The van der Waals surface area contributed by atoms with Crippen LogP contribution in [0.3, 0.4) is 0 Å². The van der Waals surface area contributed by atoms with Crippen LogP contribution in [-0.4, -0.2) is 30.4 Å². The summed E-state index contributed by atoms with van der Waals surface area (Å²) in [5.41, 5.74) is 0.446. The summed E-state index contributed by atoms with van der Waals surface area (Å²) in [6.45, 7) is 2.03. The van der Waals surface area contributed by atoms with Gasteiger partial charge in [-0.25, -0.2) is 4.39 Å². The van der Waals surface area contributed by atoms with Crippen molar-refractivity contribution in [3.63, 3.8) is 0 Å². The van der Waals surface area contributed by atoms with Gasteiger partial charge in [0.1, 0.15) is 11.6 Å². The maximum atomic E-state index is 14.4. The lowest BCUT2D eigenvalue weighted by molar-refractivity contribution is -0.116. The predicted octanol–water partition coefficient (Wildman–Crippen LogP) is 4.04. The Morgan fingerprint density at radius 1 is 1.32 bits per heavy atom. The number of rotatable bonds is 6. The molecule has 25 heavy (non-hydrogen) atoms. The molecule has 2 heterocycles. The number of benzene rings is 1. The number of nitrogens with zero attached hydrogens (tertiary/aromatic N) is 1. The van der Waals surface area contributed by atoms with Gasteiger partial charge in [0.05, 0.1) is 12.3 Å². The zero-order chi connectivity index (χ0) is 17.6. The van der Waals surface area contributed by atoms with Crippen molar-refractivity contribution in [2.75, 3.05) is 19.6 Å². The van der Waals surface area contributed by atoms with Gasteiger partial charge in [-0.15, -0.1) is 0 Å². The van der Waals surface area contributed by atoms with Crippen molar-refractivity contribution in [2.45, 2.75) is 18.9 Å². The van der Waals surface area contributed by atoms with E-state index in [1.807, 2.05) is 0 Å². The number of hydrogen-bond donors (Lipinski definition) is 1. The minimum absolute atomic E-state index is 0.256. The summed E-state index contributed by atoms with van der Waals surface area (Å²) in [5.74, 6) is 0.00114. The van der Waals surface area contributed by atoms with Crippen LogP contribution in [0.4, 0.5) is 4.39 Å². The number of hydrogen-bond acceptors (Lipinski definition) is 3. The molecule has 1 aliphatic heterocycles. The van der Waals surface area contributed by atoms with Crippen molar-refractivity contribution < 1.29 is 13.6 Å². The van der Waals surface area contributed by atoms with E-state index in [0.29, 0.717) is 22.9 Å². The maximum Gasteiger partial charge on any atom is 0.244 e. The van der Waals surface area contributed by atoms with E-state index in [-0.39, 0.29) is 17.8 Å². The van der Waals surface area contributed by atoms with Gasteiger partial charge < -0.3 is 9.73 Å². The average Bonchev–Trinajstić information content (AvgIpc) is 3.29. The summed E-state index contributed by atoms with van der Waals surface area (Å²) in [4.78, 5) is 14.2. The molecule has 1 fully saturated rings. The molecule has 1 aliphatic rings. The zero-order valence-electron chi connectivity index (χ0n) is 13.8. The van der Waals surface area contributed by atoms with Crippen molar-refractivity contribution in [1.29, 1.82) is 0 Å². The summed E-state index contributed by atoms with van der Waals surface area (Å²) < 4.78 is 19.5. The minimum Gasteiger partial charge on any atom is -0.465 e. The van der Waals surface area contributed by atoms with Gasteiger partial charge in [-0.05, 0) is 56.3 Å². The lowest BCUT2D eigenvalue weighted by Gasteiger charge is -2.29. The Morgan fingerprint density at radius 2 is 2.12 bits per heavy atom. The molecule has 3 rings (SSSR count). The third kappa shape index (κ3) is 4.50. The first-order chi connectivity index (χ1) is 12.1. The van der Waals surface area contributed by atoms with Gasteiger partial charge in [-0.3, -0.25) is 9.69 Å². The smallest absolute Gasteiger partial charge is 0.244 e. The number of amides is 1. The van der Waals surface area contributed by atoms with Crippen LogP contribution in [0, 0.1) is 5.82 Å². The highest BCUT2D eigenvalue weighted by molar-refractivity contribution is 6.31. The van der Waals surface area contributed by atoms with E-state index in [1.165, 1.54) is 12.1 Å². The molecule has 4 nitrogen and oxygen atoms in total. The molecule has 1 unspecified atom stereocenters. The standard InChI is InChI=1S/C19H20ClFN2O2/c20-15-6-3-7-16(21)19(15)17(23-10-1-2-11-23)13-22-18(24)9-8-14-5-4-12-25-14/h3-9,12,17H,1-2,10-11,13H2,(H,22,24). The van der Waals surface area contributed by atoms with Gasteiger partial charge in [0, 0.05) is 23.2 Å². The Kier molecular flexibility index (Phi) is 5.89. The highest BCUT2D eigenvalue weighted by atomic mass is 35.5. The fourth-order valence-electron chi connectivity index (χ4n) is 3.10. The number of likely N-dealkylation sites (tertiary alicyclic amines) is 1. The van der Waals surface area contributed by atoms with Crippen LogP contribution in [0.2, 0.25) is 5.02 Å². The number of carbonyl (C=O) groups is 1. The van der Waals surface area contributed by atoms with E-state index in [4.69, 9.17) is 16.0 Å². The molecule has 1 amide bonds. The molecular weight excluding hydrogens is 343 g/mol. The van der Waals surface area contributed by atoms with Gasteiger partial charge in [0.15, 0.2) is 0 Å². The lowest BCUT2D eigenvalue weighted by Crippen LogP contribution is -2.36. The van der Waals surface area contributed by atoms with E-state index in [1.54, 1.807) is 36.6 Å². The SMILES string of the molecule is O=C(C=Cc1ccco1)NCC(c1c(F)cccc1Cl)N1CCCC1. The molecule has 1 atom stereocenters. The molecule has 0 saturated carbocycles. The fraction of sp³-hybridized carbons (Fsp3) is 0.316. The van der Waals surface area contributed by atoms with E-state index in [9.17, 15) is 9.18 Å². The van der Waals surface area contributed by atoms with Crippen molar-refractivity contribution in [3.05, 3.63) is 64.8 Å². The summed E-state index contributed by atoms with van der Waals surface area (Å²) in [6.07, 6.45) is 6.67. The second-order valence-electron chi connectivity index (χ2n) is 5.99. The van der Waals surface area contributed by atoms with Gasteiger partial charge in [-0.2, -0.15) is 0 Å². The summed E-state index contributed by atoms with van der Waals surface area (Å²) in [5, 5.41) is 3.23. The second kappa shape index (κ2) is 8.32. The number of carbonyl (C=O) groups excluding carboxylic acids is 1.